The summed E-state index contributed by atoms with van der Waals surface area (Å²) < 4.78 is 1.78. The Bertz CT molecular complexity index is 1360. The molecular weight excluding hydrogens is 459 g/mol. The molecule has 9 heteroatoms. The Morgan fingerprint density at radius 2 is 1.82 bits per heavy atom. The van der Waals surface area contributed by atoms with Gasteiger partial charge in [-0.2, -0.15) is 4.98 Å². The summed E-state index contributed by atoms with van der Waals surface area (Å²) in [6.07, 6.45) is 4.35. The van der Waals surface area contributed by atoms with Gasteiger partial charge in [-0.05, 0) is 49.4 Å². The molecule has 1 saturated heterocycles. The van der Waals surface area contributed by atoms with Crippen molar-refractivity contribution in [1.29, 1.82) is 0 Å². The molecule has 2 aromatic carbocycles. The van der Waals surface area contributed by atoms with Crippen LogP contribution in [-0.2, 0) is 7.05 Å². The maximum absolute atomic E-state index is 13.2. The first-order valence-electron chi connectivity index (χ1n) is 10.6. The summed E-state index contributed by atoms with van der Waals surface area (Å²) in [6, 6.07) is 13.6. The lowest BCUT2D eigenvalue weighted by Crippen LogP contribution is -2.21. The summed E-state index contributed by atoms with van der Waals surface area (Å²) in [7, 11) is 1.82. The lowest BCUT2D eigenvalue weighted by atomic mass is 10.1. The fourth-order valence-electron chi connectivity index (χ4n) is 4.05. The molecule has 0 bridgehead atoms. The minimum atomic E-state index is -0.221. The highest BCUT2D eigenvalue weighted by Gasteiger charge is 2.17. The van der Waals surface area contributed by atoms with E-state index in [1.54, 1.807) is 29.0 Å². The minimum absolute atomic E-state index is 0.221. The van der Waals surface area contributed by atoms with Crippen LogP contribution in [0.5, 0.6) is 0 Å². The van der Waals surface area contributed by atoms with Gasteiger partial charge >= 0.3 is 0 Å². The molecule has 1 atom stereocenters. The second-order valence-corrected chi connectivity index (χ2v) is 8.86. The topological polar surface area (TPSA) is 83.9 Å². The van der Waals surface area contributed by atoms with Crippen LogP contribution in [0.15, 0.2) is 59.7 Å². The van der Waals surface area contributed by atoms with E-state index in [0.717, 1.165) is 30.9 Å². The van der Waals surface area contributed by atoms with E-state index >= 15 is 0 Å². The van der Waals surface area contributed by atoms with Gasteiger partial charge in [0, 0.05) is 54.5 Å². The van der Waals surface area contributed by atoms with Crippen molar-refractivity contribution in [3.8, 4) is 11.1 Å². The summed E-state index contributed by atoms with van der Waals surface area (Å²) in [6.45, 7) is 2.03. The molecule has 1 aliphatic heterocycles. The maximum atomic E-state index is 13.2. The third-order valence-corrected chi connectivity index (χ3v) is 6.35. The van der Waals surface area contributed by atoms with Crippen molar-refractivity contribution < 1.29 is 0 Å². The molecular formula is C24H22Cl2N6O. The van der Waals surface area contributed by atoms with E-state index < -0.39 is 0 Å². The van der Waals surface area contributed by atoms with Gasteiger partial charge in [-0.3, -0.25) is 4.79 Å². The van der Waals surface area contributed by atoms with Crippen LogP contribution in [0.3, 0.4) is 0 Å². The summed E-state index contributed by atoms with van der Waals surface area (Å²) in [5, 5.41) is 11.3. The Hall–Kier alpha value is -3.13. The van der Waals surface area contributed by atoms with Crippen LogP contribution >= 0.6 is 23.2 Å². The average molecular weight is 481 g/mol. The van der Waals surface area contributed by atoms with Crippen molar-refractivity contribution in [2.24, 2.45) is 7.05 Å². The van der Waals surface area contributed by atoms with Crippen molar-refractivity contribution in [3.63, 3.8) is 0 Å². The van der Waals surface area contributed by atoms with E-state index in [1.165, 1.54) is 6.20 Å². The van der Waals surface area contributed by atoms with Crippen LogP contribution in [-0.4, -0.2) is 33.7 Å². The fourth-order valence-corrected chi connectivity index (χ4v) is 4.65. The SMILES string of the molecule is Cn1cc(-c2c(Cl)cccc2Cl)c(=O)c2cnc(Nc3ccc(N[C@H]4CCNC4)cc3)nc21. The molecule has 33 heavy (non-hydrogen) atoms. The van der Waals surface area contributed by atoms with Crippen molar-refractivity contribution in [2.45, 2.75) is 12.5 Å². The number of benzene rings is 2. The fraction of sp³-hybridized carbons (Fsp3) is 0.208. The number of aromatic nitrogens is 3. The highest BCUT2D eigenvalue weighted by molar-refractivity contribution is 6.39. The van der Waals surface area contributed by atoms with Gasteiger partial charge in [-0.1, -0.05) is 29.3 Å². The quantitative estimate of drug-likeness (QED) is 0.379. The monoisotopic (exact) mass is 480 g/mol. The second-order valence-electron chi connectivity index (χ2n) is 8.05. The number of nitrogens with one attached hydrogen (secondary N) is 3. The van der Waals surface area contributed by atoms with Gasteiger partial charge in [0.1, 0.15) is 5.65 Å². The van der Waals surface area contributed by atoms with Crippen LogP contribution in [0.2, 0.25) is 10.0 Å². The number of halogens is 2. The second kappa shape index (κ2) is 9.02. The average Bonchev–Trinajstić information content (AvgIpc) is 3.31. The Morgan fingerprint density at radius 3 is 2.52 bits per heavy atom. The number of hydrogen-bond donors (Lipinski definition) is 3. The zero-order chi connectivity index (χ0) is 22.9. The van der Waals surface area contributed by atoms with Gasteiger partial charge in [0.05, 0.1) is 15.4 Å². The molecule has 2 aromatic heterocycles. The van der Waals surface area contributed by atoms with Crippen molar-refractivity contribution in [3.05, 3.63) is 75.1 Å². The van der Waals surface area contributed by atoms with E-state index in [0.29, 0.717) is 44.2 Å². The highest BCUT2D eigenvalue weighted by atomic mass is 35.5. The third kappa shape index (κ3) is 4.39. The largest absolute Gasteiger partial charge is 0.381 e. The van der Waals surface area contributed by atoms with E-state index in [1.807, 2.05) is 31.3 Å². The van der Waals surface area contributed by atoms with Crippen molar-refractivity contribution in [1.82, 2.24) is 19.9 Å². The standard InChI is InChI=1S/C24H22Cl2N6O/c1-32-13-18(21-19(25)3-2-4-20(21)26)22(33)17-12-28-24(31-23(17)32)30-15-7-5-14(6-8-15)29-16-9-10-27-11-16/h2-8,12-13,16,27,29H,9-11H2,1H3,(H,28,30,31)/t16-/m0/s1. The molecule has 4 aromatic rings. The Balaban J connectivity index is 1.43. The van der Waals surface area contributed by atoms with Crippen molar-refractivity contribution in [2.75, 3.05) is 23.7 Å². The zero-order valence-corrected chi connectivity index (χ0v) is 19.4. The molecule has 1 aliphatic rings. The molecule has 168 valence electrons. The third-order valence-electron chi connectivity index (χ3n) is 5.72. The van der Waals surface area contributed by atoms with E-state index in [4.69, 9.17) is 23.2 Å². The van der Waals surface area contributed by atoms with Crippen LogP contribution in [0, 0.1) is 0 Å². The molecule has 0 spiro atoms. The molecule has 0 unspecified atom stereocenters. The van der Waals surface area contributed by atoms with E-state index in [2.05, 4.69) is 25.9 Å². The summed E-state index contributed by atoms with van der Waals surface area (Å²) in [5.74, 6) is 0.404. The first kappa shape index (κ1) is 21.7. The highest BCUT2D eigenvalue weighted by Crippen LogP contribution is 2.33. The molecule has 1 fully saturated rings. The number of fused-ring (bicyclic) bond motifs is 1. The summed E-state index contributed by atoms with van der Waals surface area (Å²) in [4.78, 5) is 22.1. The van der Waals surface area contributed by atoms with Gasteiger partial charge in [-0.25, -0.2) is 4.98 Å². The molecule has 0 amide bonds. The first-order valence-corrected chi connectivity index (χ1v) is 11.4. The summed E-state index contributed by atoms with van der Waals surface area (Å²) >= 11 is 12.7. The lowest BCUT2D eigenvalue weighted by molar-refractivity contribution is 0.793. The molecule has 7 nitrogen and oxygen atoms in total. The lowest BCUT2D eigenvalue weighted by Gasteiger charge is -2.14. The Morgan fingerprint density at radius 1 is 1.09 bits per heavy atom. The molecule has 3 heterocycles. The molecule has 3 N–H and O–H groups in total. The predicted molar refractivity (Wildman–Crippen MR) is 135 cm³/mol. The molecule has 0 aliphatic carbocycles. The smallest absolute Gasteiger partial charge is 0.229 e. The van der Waals surface area contributed by atoms with Gasteiger partial charge in [0.15, 0.2) is 0 Å². The summed E-state index contributed by atoms with van der Waals surface area (Å²) in [5.41, 5.74) is 3.13. The number of aryl methyl sites for hydroxylation is 1. The van der Waals surface area contributed by atoms with Crippen LogP contribution in [0.1, 0.15) is 6.42 Å². The normalized spacial score (nSPS) is 15.7. The first-order chi connectivity index (χ1) is 16.0. The number of nitrogens with zero attached hydrogens (tertiary/aromatic N) is 3. The van der Waals surface area contributed by atoms with E-state index in [9.17, 15) is 4.79 Å². The van der Waals surface area contributed by atoms with Crippen LogP contribution in [0.25, 0.3) is 22.2 Å². The van der Waals surface area contributed by atoms with Crippen LogP contribution < -0.4 is 21.4 Å². The van der Waals surface area contributed by atoms with Gasteiger partial charge < -0.3 is 20.5 Å². The number of hydrogen-bond acceptors (Lipinski definition) is 6. The van der Waals surface area contributed by atoms with Gasteiger partial charge in [0.2, 0.25) is 11.4 Å². The Labute approximate surface area is 200 Å². The van der Waals surface area contributed by atoms with Crippen LogP contribution in [0.4, 0.5) is 17.3 Å². The molecule has 5 rings (SSSR count). The zero-order valence-electron chi connectivity index (χ0n) is 17.9. The molecule has 0 saturated carbocycles. The molecule has 0 radical (unpaired) electrons. The van der Waals surface area contributed by atoms with Crippen molar-refractivity contribution >= 4 is 51.6 Å². The predicted octanol–water partition coefficient (Wildman–Crippen LogP) is 4.82. The number of anilines is 3. The van der Waals surface area contributed by atoms with Gasteiger partial charge in [-0.15, -0.1) is 0 Å². The van der Waals surface area contributed by atoms with E-state index in [-0.39, 0.29) is 5.43 Å². The number of rotatable bonds is 5. The minimum Gasteiger partial charge on any atom is -0.381 e. The maximum Gasteiger partial charge on any atom is 0.229 e. The van der Waals surface area contributed by atoms with Gasteiger partial charge in [0.25, 0.3) is 0 Å². The number of pyridine rings is 1. The Kier molecular flexibility index (Phi) is 5.93.